The Morgan fingerprint density at radius 1 is 0.842 bits per heavy atom. The van der Waals surface area contributed by atoms with Crippen molar-refractivity contribution < 1.29 is 4.79 Å². The fourth-order valence-electron chi connectivity index (χ4n) is 2.28. The van der Waals surface area contributed by atoms with Crippen LogP contribution in [0.4, 0.5) is 11.4 Å². The monoisotopic (exact) mass is 252 g/mol. The summed E-state index contributed by atoms with van der Waals surface area (Å²) in [5.41, 5.74) is 4.13. The highest BCUT2D eigenvalue weighted by Gasteiger charge is 2.14. The van der Waals surface area contributed by atoms with Crippen molar-refractivity contribution in [1.82, 2.24) is 0 Å². The van der Waals surface area contributed by atoms with Gasteiger partial charge in [0.25, 0.3) is 0 Å². The fraction of sp³-hybridized carbons (Fsp3) is 0.235. The summed E-state index contributed by atoms with van der Waals surface area (Å²) in [5, 5.41) is 0. The van der Waals surface area contributed by atoms with Crippen molar-refractivity contribution in [3.63, 3.8) is 0 Å². The van der Waals surface area contributed by atoms with Crippen molar-refractivity contribution in [2.24, 2.45) is 0 Å². The molecule has 0 aliphatic heterocycles. The molecule has 0 aliphatic carbocycles. The molecule has 0 saturated carbocycles. The van der Waals surface area contributed by atoms with Crippen LogP contribution in [-0.2, 0) is 17.6 Å². The van der Waals surface area contributed by atoms with Crippen LogP contribution in [0.2, 0.25) is 0 Å². The maximum atomic E-state index is 11.4. The number of hydrogen-bond donors (Lipinski definition) is 0. The summed E-state index contributed by atoms with van der Waals surface area (Å²) in [5.74, 6) is 0. The third-order valence-corrected chi connectivity index (χ3v) is 3.32. The minimum absolute atomic E-state index is 0.892. The first kappa shape index (κ1) is 13.3. The average Bonchev–Trinajstić information content (AvgIpc) is 2.49. The van der Waals surface area contributed by atoms with E-state index in [2.05, 4.69) is 20.3 Å². The lowest BCUT2D eigenvalue weighted by Gasteiger charge is -2.22. The van der Waals surface area contributed by atoms with Crippen LogP contribution in [0.5, 0.6) is 0 Å². The van der Waals surface area contributed by atoms with Gasteiger partial charge < -0.3 is 0 Å². The smallest absolute Gasteiger partial charge is 0.272 e. The molecule has 0 spiro atoms. The molecule has 0 saturated heterocycles. The van der Waals surface area contributed by atoms with Crippen molar-refractivity contribution in [1.29, 1.82) is 0 Å². The number of anilines is 2. The highest BCUT2D eigenvalue weighted by molar-refractivity contribution is 5.89. The first-order chi connectivity index (χ1) is 9.31. The zero-order valence-corrected chi connectivity index (χ0v) is 11.4. The number of nitrogens with zero attached hydrogens (tertiary/aromatic N) is 1. The van der Waals surface area contributed by atoms with Crippen LogP contribution in [0, 0.1) is 0 Å². The number of amides is 1. The van der Waals surface area contributed by atoms with Gasteiger partial charge in [-0.25, -0.2) is 0 Å². The number of benzene rings is 2. The van der Waals surface area contributed by atoms with E-state index in [4.69, 9.17) is 0 Å². The van der Waals surface area contributed by atoms with Crippen LogP contribution >= 0.6 is 0 Å². The zero-order valence-electron chi connectivity index (χ0n) is 11.4. The van der Waals surface area contributed by atoms with Gasteiger partial charge in [-0.2, -0.15) is 0 Å². The number of aryl methyl sites for hydroxylation is 2. The Balaban J connectivity index is 2.53. The number of carbonyl (C=O) groups excluding carboxylic acids is 1. The van der Waals surface area contributed by atoms with Crippen LogP contribution in [-0.4, -0.2) is 6.41 Å². The molecule has 0 unspecified atom stereocenters. The van der Waals surface area contributed by atoms with E-state index in [1.807, 2.05) is 48.5 Å². The number of hydrogen-bond acceptors (Lipinski definition) is 1. The van der Waals surface area contributed by atoms with Gasteiger partial charge in [0.1, 0.15) is 0 Å². The van der Waals surface area contributed by atoms with E-state index in [-0.39, 0.29) is 0 Å². The third-order valence-electron chi connectivity index (χ3n) is 3.32. The van der Waals surface area contributed by atoms with Gasteiger partial charge in [-0.3, -0.25) is 9.69 Å². The van der Waals surface area contributed by atoms with Gasteiger partial charge in [0.15, 0.2) is 0 Å². The molecule has 1 amide bonds. The minimum Gasteiger partial charge on any atom is -0.272 e. The molecular weight excluding hydrogens is 234 g/mol. The Morgan fingerprint density at radius 2 is 1.26 bits per heavy atom. The van der Waals surface area contributed by atoms with Crippen molar-refractivity contribution in [3.8, 4) is 0 Å². The van der Waals surface area contributed by atoms with Crippen molar-refractivity contribution in [3.05, 3.63) is 59.7 Å². The predicted octanol–water partition coefficient (Wildman–Crippen LogP) is 4.02. The van der Waals surface area contributed by atoms with Crippen LogP contribution in [0.25, 0.3) is 0 Å². The lowest BCUT2D eigenvalue weighted by atomic mass is 10.1. The van der Waals surface area contributed by atoms with E-state index in [0.29, 0.717) is 0 Å². The molecule has 0 fully saturated rings. The van der Waals surface area contributed by atoms with Crippen LogP contribution in [0.3, 0.4) is 0 Å². The zero-order chi connectivity index (χ0) is 13.7. The minimum atomic E-state index is 0.892. The molecule has 19 heavy (non-hydrogen) atoms. The van der Waals surface area contributed by atoms with Crippen molar-refractivity contribution in [2.45, 2.75) is 26.7 Å². The Bertz CT molecular complexity index is 515. The lowest BCUT2D eigenvalue weighted by Crippen LogP contribution is -2.17. The molecule has 2 nitrogen and oxygen atoms in total. The van der Waals surface area contributed by atoms with E-state index < -0.39 is 0 Å². The molecule has 0 aromatic heterocycles. The van der Waals surface area contributed by atoms with Crippen LogP contribution in [0.15, 0.2) is 48.5 Å². The third kappa shape index (κ3) is 2.68. The largest absolute Gasteiger partial charge is 0.321 e. The summed E-state index contributed by atoms with van der Waals surface area (Å²) in [6, 6.07) is 15.9. The summed E-state index contributed by atoms with van der Waals surface area (Å²) in [4.78, 5) is 13.1. The molecular formula is C17H18NO. The first-order valence-corrected chi connectivity index (χ1v) is 6.65. The standard InChI is InChI=1S/C17H18NO/c1-3-14-9-5-7-11-16(14)18(13-19)17-12-8-6-10-15(17)4-2/h5-12H,3-4H2,1-2H3. The average molecular weight is 252 g/mol. The van der Waals surface area contributed by atoms with Crippen molar-refractivity contribution in [2.75, 3.05) is 4.90 Å². The summed E-state index contributed by atoms with van der Waals surface area (Å²) in [6.07, 6.45) is 3.85. The maximum absolute atomic E-state index is 11.4. The topological polar surface area (TPSA) is 20.3 Å². The van der Waals surface area contributed by atoms with Gasteiger partial charge in [-0.05, 0) is 36.1 Å². The molecule has 1 radical (unpaired) electrons. The molecule has 2 aromatic rings. The highest BCUT2D eigenvalue weighted by Crippen LogP contribution is 2.30. The van der Waals surface area contributed by atoms with Gasteiger partial charge >= 0.3 is 6.41 Å². The van der Waals surface area contributed by atoms with Gasteiger partial charge in [-0.1, -0.05) is 50.2 Å². The van der Waals surface area contributed by atoms with Gasteiger partial charge in [0.05, 0.1) is 11.4 Å². The quantitative estimate of drug-likeness (QED) is 0.736. The van der Waals surface area contributed by atoms with E-state index in [1.54, 1.807) is 4.90 Å². The second kappa shape index (κ2) is 6.19. The van der Waals surface area contributed by atoms with Crippen molar-refractivity contribution >= 4 is 17.8 Å². The maximum Gasteiger partial charge on any atom is 0.321 e. The van der Waals surface area contributed by atoms with E-state index in [1.165, 1.54) is 0 Å². The molecule has 0 bridgehead atoms. The second-order valence-electron chi connectivity index (χ2n) is 4.39. The Labute approximate surface area is 114 Å². The Hall–Kier alpha value is -2.09. The summed E-state index contributed by atoms with van der Waals surface area (Å²) < 4.78 is 0. The molecule has 0 N–H and O–H groups in total. The van der Waals surface area contributed by atoms with Gasteiger partial charge in [0.2, 0.25) is 0 Å². The number of rotatable bonds is 5. The van der Waals surface area contributed by atoms with Gasteiger partial charge in [-0.15, -0.1) is 0 Å². The Morgan fingerprint density at radius 3 is 1.63 bits per heavy atom. The van der Waals surface area contributed by atoms with Crippen LogP contribution < -0.4 is 4.90 Å². The normalized spacial score (nSPS) is 10.2. The molecule has 0 atom stereocenters. The Kier molecular flexibility index (Phi) is 4.35. The summed E-state index contributed by atoms with van der Waals surface area (Å²) in [6.45, 7) is 4.18. The molecule has 2 heteroatoms. The predicted molar refractivity (Wildman–Crippen MR) is 79.5 cm³/mol. The molecule has 97 valence electrons. The fourth-order valence-corrected chi connectivity index (χ4v) is 2.28. The molecule has 0 heterocycles. The van der Waals surface area contributed by atoms with E-state index in [0.717, 1.165) is 35.3 Å². The number of para-hydroxylation sites is 2. The van der Waals surface area contributed by atoms with Gasteiger partial charge in [0, 0.05) is 0 Å². The molecule has 2 rings (SSSR count). The first-order valence-electron chi connectivity index (χ1n) is 6.65. The molecule has 2 aromatic carbocycles. The summed E-state index contributed by atoms with van der Waals surface area (Å²) in [7, 11) is 0. The summed E-state index contributed by atoms with van der Waals surface area (Å²) >= 11 is 0. The SMILES string of the molecule is CCc1ccccc1N([C]=O)c1ccccc1CC. The highest BCUT2D eigenvalue weighted by atomic mass is 16.1. The lowest BCUT2D eigenvalue weighted by molar-refractivity contribution is 0.556. The second-order valence-corrected chi connectivity index (χ2v) is 4.39. The van der Waals surface area contributed by atoms with E-state index >= 15 is 0 Å². The van der Waals surface area contributed by atoms with Crippen LogP contribution in [0.1, 0.15) is 25.0 Å². The van der Waals surface area contributed by atoms with E-state index in [9.17, 15) is 4.79 Å². The molecule has 0 aliphatic rings.